The smallest absolute Gasteiger partial charge is 0.245 e. The molecule has 92 valence electrons. The second-order valence-electron chi connectivity index (χ2n) is 4.46. The third-order valence-electron chi connectivity index (χ3n) is 3.51. The molecule has 3 heteroatoms. The summed E-state index contributed by atoms with van der Waals surface area (Å²) in [6.07, 6.45) is 3.69. The van der Waals surface area contributed by atoms with Gasteiger partial charge >= 0.3 is 0 Å². The Bertz CT molecular complexity index is 228. The van der Waals surface area contributed by atoms with E-state index in [9.17, 15) is 4.79 Å². The molecule has 1 rings (SSSR count). The molecule has 0 saturated carbocycles. The Morgan fingerprint density at radius 3 is 2.38 bits per heavy atom. The number of nitrogens with zero attached hydrogens (tertiary/aromatic N) is 2. The lowest BCUT2D eigenvalue weighted by Crippen LogP contribution is -2.40. The van der Waals surface area contributed by atoms with Crippen LogP contribution in [0.3, 0.4) is 0 Å². The van der Waals surface area contributed by atoms with E-state index >= 15 is 0 Å². The molecule has 0 aromatic carbocycles. The molecule has 1 amide bonds. The van der Waals surface area contributed by atoms with Gasteiger partial charge in [-0.3, -0.25) is 4.79 Å². The van der Waals surface area contributed by atoms with Gasteiger partial charge in [-0.25, -0.2) is 0 Å². The monoisotopic (exact) mass is 224 g/mol. The highest BCUT2D eigenvalue weighted by atomic mass is 16.2. The van der Waals surface area contributed by atoms with Crippen LogP contribution < -0.4 is 0 Å². The highest BCUT2D eigenvalue weighted by Crippen LogP contribution is 2.18. The van der Waals surface area contributed by atoms with E-state index in [1.807, 2.05) is 4.90 Å². The molecule has 1 saturated heterocycles. The first-order valence-corrected chi connectivity index (χ1v) is 6.34. The Morgan fingerprint density at radius 1 is 1.38 bits per heavy atom. The lowest BCUT2D eigenvalue weighted by atomic mass is 9.96. The molecule has 1 aliphatic heterocycles. The first kappa shape index (κ1) is 13.2. The van der Waals surface area contributed by atoms with Crippen molar-refractivity contribution in [3.05, 3.63) is 12.7 Å². The molecule has 0 unspecified atom stereocenters. The summed E-state index contributed by atoms with van der Waals surface area (Å²) in [5.41, 5.74) is 0. The normalized spacial score (nSPS) is 17.8. The minimum atomic E-state index is 0.0845. The van der Waals surface area contributed by atoms with Gasteiger partial charge < -0.3 is 9.80 Å². The van der Waals surface area contributed by atoms with Crippen LogP contribution in [0.2, 0.25) is 0 Å². The van der Waals surface area contributed by atoms with Gasteiger partial charge in [0.25, 0.3) is 0 Å². The zero-order chi connectivity index (χ0) is 12.0. The summed E-state index contributed by atoms with van der Waals surface area (Å²) < 4.78 is 0. The molecule has 0 atom stereocenters. The second-order valence-corrected chi connectivity index (χ2v) is 4.46. The van der Waals surface area contributed by atoms with Crippen LogP contribution in [0.5, 0.6) is 0 Å². The molecule has 1 heterocycles. The van der Waals surface area contributed by atoms with Crippen LogP contribution >= 0.6 is 0 Å². The van der Waals surface area contributed by atoms with Crippen molar-refractivity contribution in [1.29, 1.82) is 0 Å². The fourth-order valence-electron chi connectivity index (χ4n) is 2.31. The van der Waals surface area contributed by atoms with Crippen LogP contribution in [0, 0.1) is 5.92 Å². The van der Waals surface area contributed by atoms with Crippen molar-refractivity contribution in [1.82, 2.24) is 9.80 Å². The molecular weight excluding hydrogens is 200 g/mol. The van der Waals surface area contributed by atoms with Gasteiger partial charge in [0.1, 0.15) is 0 Å². The summed E-state index contributed by atoms with van der Waals surface area (Å²) in [6.45, 7) is 13.2. The van der Waals surface area contributed by atoms with E-state index in [0.29, 0.717) is 0 Å². The van der Waals surface area contributed by atoms with Gasteiger partial charge in [-0.05, 0) is 37.9 Å². The fraction of sp³-hybridized carbons (Fsp3) is 0.769. The molecule has 0 aliphatic carbocycles. The first-order chi connectivity index (χ1) is 7.71. The largest absolute Gasteiger partial charge is 0.339 e. The zero-order valence-electron chi connectivity index (χ0n) is 10.6. The molecule has 16 heavy (non-hydrogen) atoms. The molecular formula is C13H24N2O. The van der Waals surface area contributed by atoms with E-state index < -0.39 is 0 Å². The number of carbonyl (C=O) groups is 1. The van der Waals surface area contributed by atoms with Gasteiger partial charge in [0.2, 0.25) is 5.91 Å². The molecule has 0 N–H and O–H groups in total. The van der Waals surface area contributed by atoms with Gasteiger partial charge in [0.05, 0.1) is 0 Å². The Kier molecular flexibility index (Phi) is 5.53. The predicted octanol–water partition coefficient (Wildman–Crippen LogP) is 1.75. The van der Waals surface area contributed by atoms with Gasteiger partial charge in [-0.2, -0.15) is 0 Å². The van der Waals surface area contributed by atoms with Crippen LogP contribution in [0.4, 0.5) is 0 Å². The number of amides is 1. The van der Waals surface area contributed by atoms with Crippen LogP contribution in [0.25, 0.3) is 0 Å². The number of likely N-dealkylation sites (tertiary alicyclic amines) is 1. The zero-order valence-corrected chi connectivity index (χ0v) is 10.6. The molecule has 0 bridgehead atoms. The summed E-state index contributed by atoms with van der Waals surface area (Å²) >= 11 is 0. The molecule has 3 nitrogen and oxygen atoms in total. The second kappa shape index (κ2) is 6.69. The van der Waals surface area contributed by atoms with Gasteiger partial charge in [0.15, 0.2) is 0 Å². The molecule has 0 spiro atoms. The summed E-state index contributed by atoms with van der Waals surface area (Å²) in [7, 11) is 0. The van der Waals surface area contributed by atoms with E-state index in [1.165, 1.54) is 12.6 Å². The molecule has 1 aliphatic rings. The number of carbonyl (C=O) groups excluding carboxylic acids is 1. The lowest BCUT2D eigenvalue weighted by Gasteiger charge is -2.33. The van der Waals surface area contributed by atoms with Crippen molar-refractivity contribution in [3.8, 4) is 0 Å². The lowest BCUT2D eigenvalue weighted by molar-refractivity contribution is -0.127. The summed E-state index contributed by atoms with van der Waals surface area (Å²) in [5, 5.41) is 0. The average molecular weight is 224 g/mol. The molecule has 1 fully saturated rings. The highest BCUT2D eigenvalue weighted by Gasteiger charge is 2.22. The van der Waals surface area contributed by atoms with Crippen LogP contribution in [-0.2, 0) is 4.79 Å². The highest BCUT2D eigenvalue weighted by molar-refractivity contribution is 5.87. The van der Waals surface area contributed by atoms with Crippen molar-refractivity contribution < 1.29 is 4.79 Å². The van der Waals surface area contributed by atoms with Crippen LogP contribution in [-0.4, -0.2) is 48.4 Å². The maximum absolute atomic E-state index is 11.4. The summed E-state index contributed by atoms with van der Waals surface area (Å²) in [5.74, 6) is 0.843. The molecule has 0 aromatic heterocycles. The standard InChI is InChI=1S/C13H24N2O/c1-4-13(16)15-9-7-12(8-10-15)11-14(5-2)6-3/h4,12H,1,5-11H2,2-3H3. The van der Waals surface area contributed by atoms with Crippen LogP contribution in [0.15, 0.2) is 12.7 Å². The van der Waals surface area contributed by atoms with Crippen molar-refractivity contribution in [2.45, 2.75) is 26.7 Å². The maximum atomic E-state index is 11.4. The minimum absolute atomic E-state index is 0.0845. The quantitative estimate of drug-likeness (QED) is 0.664. The summed E-state index contributed by atoms with van der Waals surface area (Å²) in [4.78, 5) is 15.8. The molecule has 0 aromatic rings. The number of piperidine rings is 1. The Balaban J connectivity index is 2.31. The third-order valence-corrected chi connectivity index (χ3v) is 3.51. The van der Waals surface area contributed by atoms with Gasteiger partial charge in [-0.15, -0.1) is 0 Å². The van der Waals surface area contributed by atoms with E-state index in [4.69, 9.17) is 0 Å². The van der Waals surface area contributed by atoms with Crippen LogP contribution in [0.1, 0.15) is 26.7 Å². The third kappa shape index (κ3) is 3.63. The van der Waals surface area contributed by atoms with Crippen molar-refractivity contribution in [3.63, 3.8) is 0 Å². The fourth-order valence-corrected chi connectivity index (χ4v) is 2.31. The average Bonchev–Trinajstić information content (AvgIpc) is 2.35. The number of hydrogen-bond acceptors (Lipinski definition) is 2. The predicted molar refractivity (Wildman–Crippen MR) is 67.3 cm³/mol. The summed E-state index contributed by atoms with van der Waals surface area (Å²) in [6, 6.07) is 0. The van der Waals surface area contributed by atoms with Gasteiger partial charge in [0, 0.05) is 19.6 Å². The Labute approximate surface area is 99.1 Å². The molecule has 0 radical (unpaired) electrons. The van der Waals surface area contributed by atoms with E-state index in [2.05, 4.69) is 25.3 Å². The first-order valence-electron chi connectivity index (χ1n) is 6.34. The van der Waals surface area contributed by atoms with Gasteiger partial charge in [-0.1, -0.05) is 20.4 Å². The topological polar surface area (TPSA) is 23.6 Å². The van der Waals surface area contributed by atoms with Crippen molar-refractivity contribution in [2.24, 2.45) is 5.92 Å². The van der Waals surface area contributed by atoms with E-state index in [1.54, 1.807) is 0 Å². The number of rotatable bonds is 5. The SMILES string of the molecule is C=CC(=O)N1CCC(CN(CC)CC)CC1. The minimum Gasteiger partial charge on any atom is -0.339 e. The van der Waals surface area contributed by atoms with E-state index in [0.717, 1.165) is 44.9 Å². The van der Waals surface area contributed by atoms with Crippen molar-refractivity contribution in [2.75, 3.05) is 32.7 Å². The van der Waals surface area contributed by atoms with E-state index in [-0.39, 0.29) is 5.91 Å². The maximum Gasteiger partial charge on any atom is 0.245 e. The number of hydrogen-bond donors (Lipinski definition) is 0. The van der Waals surface area contributed by atoms with Crippen molar-refractivity contribution >= 4 is 5.91 Å². The Morgan fingerprint density at radius 2 is 1.94 bits per heavy atom. The Hall–Kier alpha value is -0.830.